The zero-order valence-corrected chi connectivity index (χ0v) is 15.5. The summed E-state index contributed by atoms with van der Waals surface area (Å²) in [5.74, 6) is 0.490. The first-order chi connectivity index (χ1) is 12.4. The third-order valence-corrected chi connectivity index (χ3v) is 5.21. The Balaban J connectivity index is 1.40. The van der Waals surface area contributed by atoms with Crippen LogP contribution in [-0.2, 0) is 9.59 Å². The number of nitrogens with one attached hydrogen (secondary N) is 1. The average molecular weight is 360 g/mol. The van der Waals surface area contributed by atoms with E-state index in [1.54, 1.807) is 0 Å². The molecule has 142 valence electrons. The molecule has 0 spiro atoms. The van der Waals surface area contributed by atoms with Crippen LogP contribution in [0.4, 0.5) is 0 Å². The second kappa shape index (κ2) is 8.08. The molecule has 2 saturated carbocycles. The van der Waals surface area contributed by atoms with Crippen molar-refractivity contribution in [2.24, 2.45) is 5.92 Å². The van der Waals surface area contributed by atoms with Gasteiger partial charge in [-0.05, 0) is 57.1 Å². The summed E-state index contributed by atoms with van der Waals surface area (Å²) >= 11 is 0. The summed E-state index contributed by atoms with van der Waals surface area (Å²) in [4.78, 5) is 25.2. The number of carboxylic acid groups (broad SMARTS) is 1. The largest absolute Gasteiger partial charge is 0.484 e. The molecule has 26 heavy (non-hydrogen) atoms. The first-order valence-corrected chi connectivity index (χ1v) is 9.36. The number of aliphatic carboxylic acids is 1. The maximum Gasteiger partial charge on any atom is 0.317 e. The zero-order chi connectivity index (χ0) is 18.7. The molecule has 0 atom stereocenters. The molecule has 6 heteroatoms. The van der Waals surface area contributed by atoms with Crippen molar-refractivity contribution >= 4 is 11.9 Å². The fourth-order valence-electron chi connectivity index (χ4n) is 3.53. The molecule has 0 heterocycles. The lowest BCUT2D eigenvalue weighted by Crippen LogP contribution is -2.55. The third kappa shape index (κ3) is 5.21. The Morgan fingerprint density at radius 2 is 2.00 bits per heavy atom. The number of benzene rings is 1. The van der Waals surface area contributed by atoms with Crippen molar-refractivity contribution in [1.82, 2.24) is 10.2 Å². The van der Waals surface area contributed by atoms with E-state index < -0.39 is 5.97 Å². The van der Waals surface area contributed by atoms with Gasteiger partial charge in [-0.1, -0.05) is 17.7 Å². The summed E-state index contributed by atoms with van der Waals surface area (Å²) in [6, 6.07) is 6.26. The van der Waals surface area contributed by atoms with Crippen LogP contribution in [-0.4, -0.2) is 53.7 Å². The molecule has 0 saturated heterocycles. The molecular formula is C20H28N2O4. The molecule has 0 unspecified atom stereocenters. The number of carbonyl (C=O) groups is 2. The van der Waals surface area contributed by atoms with Gasteiger partial charge in [0.1, 0.15) is 5.75 Å². The summed E-state index contributed by atoms with van der Waals surface area (Å²) in [5.41, 5.74) is 2.18. The molecule has 2 fully saturated rings. The Morgan fingerprint density at radius 3 is 2.62 bits per heavy atom. The number of rotatable bonds is 9. The van der Waals surface area contributed by atoms with Gasteiger partial charge in [-0.2, -0.15) is 0 Å². The highest BCUT2D eigenvalue weighted by molar-refractivity contribution is 5.78. The number of nitrogens with zero attached hydrogens (tertiary/aromatic N) is 1. The van der Waals surface area contributed by atoms with Crippen LogP contribution in [0.3, 0.4) is 0 Å². The topological polar surface area (TPSA) is 78.9 Å². The second-order valence-corrected chi connectivity index (χ2v) is 7.71. The quantitative estimate of drug-likeness (QED) is 0.705. The molecule has 1 aromatic rings. The van der Waals surface area contributed by atoms with Gasteiger partial charge in [-0.25, -0.2) is 0 Å². The predicted molar refractivity (Wildman–Crippen MR) is 98.3 cm³/mol. The number of hydrogen-bond acceptors (Lipinski definition) is 4. The van der Waals surface area contributed by atoms with Crippen molar-refractivity contribution in [2.45, 2.75) is 51.6 Å². The summed E-state index contributed by atoms with van der Waals surface area (Å²) in [6.07, 6.45) is 4.04. The minimum absolute atomic E-state index is 0.00593. The second-order valence-electron chi connectivity index (χ2n) is 7.71. The van der Waals surface area contributed by atoms with Gasteiger partial charge in [0.05, 0.1) is 6.54 Å². The zero-order valence-electron chi connectivity index (χ0n) is 15.5. The monoisotopic (exact) mass is 360 g/mol. The first-order valence-electron chi connectivity index (χ1n) is 9.36. The van der Waals surface area contributed by atoms with E-state index >= 15 is 0 Å². The van der Waals surface area contributed by atoms with Crippen molar-refractivity contribution in [3.8, 4) is 5.75 Å². The highest BCUT2D eigenvalue weighted by atomic mass is 16.5. The summed E-state index contributed by atoms with van der Waals surface area (Å²) < 4.78 is 5.61. The molecule has 0 bridgehead atoms. The van der Waals surface area contributed by atoms with Crippen LogP contribution in [0.15, 0.2) is 18.2 Å². The molecule has 0 radical (unpaired) electrons. The van der Waals surface area contributed by atoms with Gasteiger partial charge in [-0.3, -0.25) is 14.5 Å². The van der Waals surface area contributed by atoms with E-state index in [2.05, 4.69) is 10.2 Å². The highest BCUT2D eigenvalue weighted by Crippen LogP contribution is 2.33. The summed E-state index contributed by atoms with van der Waals surface area (Å²) in [7, 11) is 0. The van der Waals surface area contributed by atoms with Crippen LogP contribution < -0.4 is 10.1 Å². The van der Waals surface area contributed by atoms with Crippen LogP contribution in [0.25, 0.3) is 0 Å². The number of ether oxygens (including phenoxy) is 1. The Hall–Kier alpha value is -2.08. The Morgan fingerprint density at radius 1 is 1.27 bits per heavy atom. The number of carboxylic acids is 1. The van der Waals surface area contributed by atoms with Gasteiger partial charge in [0.15, 0.2) is 6.61 Å². The molecule has 1 aromatic carbocycles. The molecule has 2 N–H and O–H groups in total. The minimum atomic E-state index is -0.778. The van der Waals surface area contributed by atoms with Gasteiger partial charge in [0.25, 0.3) is 5.91 Å². The van der Waals surface area contributed by atoms with E-state index in [4.69, 9.17) is 9.84 Å². The third-order valence-electron chi connectivity index (χ3n) is 5.21. The van der Waals surface area contributed by atoms with E-state index in [0.29, 0.717) is 5.92 Å². The maximum absolute atomic E-state index is 12.1. The van der Waals surface area contributed by atoms with Gasteiger partial charge in [0.2, 0.25) is 0 Å². The van der Waals surface area contributed by atoms with Crippen LogP contribution in [0, 0.1) is 19.8 Å². The minimum Gasteiger partial charge on any atom is -0.484 e. The summed E-state index contributed by atoms with van der Waals surface area (Å²) in [6.45, 7) is 4.96. The first kappa shape index (κ1) is 18.7. The number of aryl methyl sites for hydroxylation is 2. The van der Waals surface area contributed by atoms with Crippen molar-refractivity contribution < 1.29 is 19.4 Å². The van der Waals surface area contributed by atoms with Gasteiger partial charge in [-0.15, -0.1) is 0 Å². The van der Waals surface area contributed by atoms with Crippen molar-refractivity contribution in [3.63, 3.8) is 0 Å². The van der Waals surface area contributed by atoms with E-state index in [1.165, 1.54) is 12.8 Å². The Labute approximate surface area is 154 Å². The normalized spacial score (nSPS) is 22.0. The van der Waals surface area contributed by atoms with Crippen molar-refractivity contribution in [2.75, 3.05) is 19.7 Å². The standard InChI is InChI=1S/C20H28N2O4/c1-13-3-6-18(14(2)7-13)26-12-19(23)21-16-8-17(9-16)22(11-20(24)25)10-15-4-5-15/h3,6-7,15-17H,4-5,8-12H2,1-2H3,(H,21,23)(H,24,25). The molecule has 1 amide bonds. The molecule has 6 nitrogen and oxygen atoms in total. The number of carbonyl (C=O) groups excluding carboxylic acids is 1. The lowest BCUT2D eigenvalue weighted by atomic mass is 9.85. The van der Waals surface area contributed by atoms with Gasteiger partial charge >= 0.3 is 5.97 Å². The van der Waals surface area contributed by atoms with E-state index in [0.717, 1.165) is 36.3 Å². The van der Waals surface area contributed by atoms with Crippen LogP contribution in [0.1, 0.15) is 36.8 Å². The molecule has 2 aliphatic carbocycles. The average Bonchev–Trinajstić information content (AvgIpc) is 3.32. The van der Waals surface area contributed by atoms with Crippen LogP contribution in [0.5, 0.6) is 5.75 Å². The fourth-order valence-corrected chi connectivity index (χ4v) is 3.53. The van der Waals surface area contributed by atoms with Gasteiger partial charge < -0.3 is 15.2 Å². The van der Waals surface area contributed by atoms with Crippen molar-refractivity contribution in [1.29, 1.82) is 0 Å². The van der Waals surface area contributed by atoms with Crippen LogP contribution in [0.2, 0.25) is 0 Å². The lowest BCUT2D eigenvalue weighted by molar-refractivity contribution is -0.140. The SMILES string of the molecule is Cc1ccc(OCC(=O)NC2CC(N(CC(=O)O)CC3CC3)C2)c(C)c1. The van der Waals surface area contributed by atoms with E-state index in [1.807, 2.05) is 32.0 Å². The molecule has 0 aliphatic heterocycles. The van der Waals surface area contributed by atoms with Gasteiger partial charge in [0, 0.05) is 18.6 Å². The number of amides is 1. The number of hydrogen-bond donors (Lipinski definition) is 2. The van der Waals surface area contributed by atoms with Crippen molar-refractivity contribution in [3.05, 3.63) is 29.3 Å². The molecule has 0 aromatic heterocycles. The Bertz CT molecular complexity index is 666. The molecular weight excluding hydrogens is 332 g/mol. The Kier molecular flexibility index (Phi) is 5.81. The van der Waals surface area contributed by atoms with E-state index in [-0.39, 0.29) is 31.1 Å². The maximum atomic E-state index is 12.1. The smallest absolute Gasteiger partial charge is 0.317 e. The fraction of sp³-hybridized carbons (Fsp3) is 0.600. The van der Waals surface area contributed by atoms with Crippen LogP contribution >= 0.6 is 0 Å². The highest BCUT2D eigenvalue weighted by Gasteiger charge is 2.37. The summed E-state index contributed by atoms with van der Waals surface area (Å²) in [5, 5.41) is 12.1. The molecule has 3 rings (SSSR count). The predicted octanol–water partition coefficient (Wildman–Crippen LogP) is 2.13. The molecule has 2 aliphatic rings. The lowest BCUT2D eigenvalue weighted by Gasteiger charge is -2.42. The van der Waals surface area contributed by atoms with E-state index in [9.17, 15) is 9.59 Å².